The molecule has 1 aliphatic heterocycles. The predicted molar refractivity (Wildman–Crippen MR) is 103 cm³/mol. The van der Waals surface area contributed by atoms with Crippen molar-refractivity contribution in [3.8, 4) is 0 Å². The van der Waals surface area contributed by atoms with Crippen LogP contribution in [0.3, 0.4) is 0 Å². The average molecular weight is 368 g/mol. The topological polar surface area (TPSA) is 77.6 Å². The number of benzene rings is 1. The number of fused-ring (bicyclic) bond motifs is 3. The molecule has 1 N–H and O–H groups in total. The van der Waals surface area contributed by atoms with E-state index in [4.69, 9.17) is 4.74 Å². The molecular weight excluding hydrogens is 344 g/mol. The largest absolute Gasteiger partial charge is 0.381 e. The van der Waals surface area contributed by atoms with Gasteiger partial charge < -0.3 is 10.1 Å². The molecule has 2 aromatic heterocycles. The van der Waals surface area contributed by atoms with Gasteiger partial charge in [0.15, 0.2) is 0 Å². The van der Waals surface area contributed by atoms with Crippen LogP contribution < -0.4 is 10.9 Å². The Bertz CT molecular complexity index is 1060. The minimum Gasteiger partial charge on any atom is -0.381 e. The Labute approximate surface area is 156 Å². The molecule has 0 saturated carbocycles. The van der Waals surface area contributed by atoms with Gasteiger partial charge in [-0.3, -0.25) is 14.0 Å². The fourth-order valence-corrected chi connectivity index (χ4v) is 3.72. The third-order valence-corrected chi connectivity index (χ3v) is 5.10. The van der Waals surface area contributed by atoms with Crippen LogP contribution in [-0.4, -0.2) is 39.3 Å². The molecule has 4 rings (SSSR count). The summed E-state index contributed by atoms with van der Waals surface area (Å²) in [7, 11) is 0. The maximum atomic E-state index is 13.0. The lowest BCUT2D eigenvalue weighted by molar-refractivity contribution is -0.123. The van der Waals surface area contributed by atoms with E-state index in [1.165, 1.54) is 4.68 Å². The van der Waals surface area contributed by atoms with E-state index in [2.05, 4.69) is 16.5 Å². The van der Waals surface area contributed by atoms with Crippen LogP contribution >= 0.6 is 0 Å². The second-order valence-electron chi connectivity index (χ2n) is 7.11. The number of ether oxygens (including phenoxy) is 1. The molecule has 1 amide bonds. The molecule has 142 valence electrons. The normalized spacial score (nSPS) is 15.5. The van der Waals surface area contributed by atoms with Crippen LogP contribution in [0, 0.1) is 6.92 Å². The highest BCUT2D eigenvalue weighted by molar-refractivity contribution is 5.87. The number of nitrogens with zero attached hydrogens (tertiary/aromatic N) is 3. The van der Waals surface area contributed by atoms with Crippen molar-refractivity contribution in [3.05, 3.63) is 46.0 Å². The highest BCUT2D eigenvalue weighted by atomic mass is 16.5. The Morgan fingerprint density at radius 1 is 1.26 bits per heavy atom. The molecule has 1 saturated heterocycles. The van der Waals surface area contributed by atoms with Crippen molar-refractivity contribution in [2.24, 2.45) is 0 Å². The van der Waals surface area contributed by atoms with Gasteiger partial charge >= 0.3 is 0 Å². The van der Waals surface area contributed by atoms with Crippen molar-refractivity contribution in [1.29, 1.82) is 0 Å². The zero-order chi connectivity index (χ0) is 19.0. The lowest BCUT2D eigenvalue weighted by Crippen LogP contribution is -2.42. The first kappa shape index (κ1) is 17.7. The maximum absolute atomic E-state index is 13.0. The van der Waals surface area contributed by atoms with Crippen molar-refractivity contribution in [2.45, 2.75) is 45.7 Å². The van der Waals surface area contributed by atoms with Crippen molar-refractivity contribution in [2.75, 3.05) is 13.2 Å². The highest BCUT2D eigenvalue weighted by Crippen LogP contribution is 2.21. The predicted octanol–water partition coefficient (Wildman–Crippen LogP) is 1.82. The van der Waals surface area contributed by atoms with Crippen LogP contribution in [0.1, 0.15) is 31.2 Å². The number of amides is 1. The zero-order valence-electron chi connectivity index (χ0n) is 15.7. The summed E-state index contributed by atoms with van der Waals surface area (Å²) in [5.74, 6) is 0.581. The van der Waals surface area contributed by atoms with Crippen LogP contribution in [0.15, 0.2) is 29.1 Å². The summed E-state index contributed by atoms with van der Waals surface area (Å²) < 4.78 is 8.51. The van der Waals surface area contributed by atoms with Gasteiger partial charge in [0.1, 0.15) is 17.9 Å². The molecule has 0 atom stereocenters. The fraction of sp³-hybridized carbons (Fsp3) is 0.450. The number of aromatic nitrogens is 3. The molecule has 1 fully saturated rings. The fourth-order valence-electron chi connectivity index (χ4n) is 3.72. The van der Waals surface area contributed by atoms with E-state index in [0.717, 1.165) is 35.1 Å². The number of nitrogens with one attached hydrogen (secondary N) is 1. The van der Waals surface area contributed by atoms with Crippen molar-refractivity contribution >= 4 is 22.3 Å². The molecule has 0 spiro atoms. The first-order chi connectivity index (χ1) is 13.1. The molecular formula is C20H24N4O3. The van der Waals surface area contributed by atoms with E-state index < -0.39 is 0 Å². The van der Waals surface area contributed by atoms with E-state index in [1.807, 2.05) is 36.4 Å². The minimum atomic E-state index is -0.247. The Hall–Kier alpha value is -2.67. The van der Waals surface area contributed by atoms with Crippen molar-refractivity contribution < 1.29 is 9.53 Å². The zero-order valence-corrected chi connectivity index (χ0v) is 15.7. The summed E-state index contributed by atoms with van der Waals surface area (Å²) in [6.45, 7) is 5.27. The van der Waals surface area contributed by atoms with Gasteiger partial charge in [-0.1, -0.05) is 18.6 Å². The van der Waals surface area contributed by atoms with Crippen LogP contribution in [-0.2, 0) is 22.5 Å². The van der Waals surface area contributed by atoms with Crippen LogP contribution in [0.4, 0.5) is 0 Å². The maximum Gasteiger partial charge on any atom is 0.291 e. The summed E-state index contributed by atoms with van der Waals surface area (Å²) in [5.41, 5.74) is 2.42. The average Bonchev–Trinajstić information content (AvgIpc) is 3.03. The van der Waals surface area contributed by atoms with Gasteiger partial charge in [0.05, 0.1) is 5.52 Å². The van der Waals surface area contributed by atoms with Gasteiger partial charge in [-0.05, 0) is 38.0 Å². The first-order valence-corrected chi connectivity index (χ1v) is 9.45. The molecule has 0 aliphatic carbocycles. The van der Waals surface area contributed by atoms with Gasteiger partial charge in [0.25, 0.3) is 5.56 Å². The number of rotatable bonds is 4. The van der Waals surface area contributed by atoms with Gasteiger partial charge in [-0.2, -0.15) is 5.10 Å². The summed E-state index contributed by atoms with van der Waals surface area (Å²) in [4.78, 5) is 25.4. The lowest BCUT2D eigenvalue weighted by Gasteiger charge is -2.23. The van der Waals surface area contributed by atoms with E-state index >= 15 is 0 Å². The highest BCUT2D eigenvalue weighted by Gasteiger charge is 2.19. The Morgan fingerprint density at radius 2 is 2.04 bits per heavy atom. The Balaban J connectivity index is 1.71. The minimum absolute atomic E-state index is 0.0692. The van der Waals surface area contributed by atoms with Crippen LogP contribution in [0.25, 0.3) is 16.4 Å². The molecule has 7 heteroatoms. The molecule has 3 aromatic rings. The van der Waals surface area contributed by atoms with Crippen LogP contribution in [0.2, 0.25) is 0 Å². The van der Waals surface area contributed by atoms with Crippen molar-refractivity contribution in [3.63, 3.8) is 0 Å². The number of carbonyl (C=O) groups excluding carboxylic acids is 1. The number of carbonyl (C=O) groups is 1. The molecule has 3 heterocycles. The third kappa shape index (κ3) is 3.35. The van der Waals surface area contributed by atoms with E-state index in [1.54, 1.807) is 0 Å². The molecule has 1 aliphatic rings. The first-order valence-electron chi connectivity index (χ1n) is 9.45. The van der Waals surface area contributed by atoms with E-state index in [-0.39, 0.29) is 24.1 Å². The van der Waals surface area contributed by atoms with Gasteiger partial charge in [-0.25, -0.2) is 4.68 Å². The lowest BCUT2D eigenvalue weighted by atomic mass is 10.1. The molecule has 27 heavy (non-hydrogen) atoms. The molecule has 7 nitrogen and oxygen atoms in total. The Morgan fingerprint density at radius 3 is 2.78 bits per heavy atom. The standard InChI is InChI=1S/C20H24N4O3/c1-3-18-22-23(12-19(25)21-15-6-8-27-9-7-15)20(26)17-11-14-10-13(2)4-5-16(14)24(17)18/h4-5,10-11,15H,3,6-9,12H2,1-2H3,(H,21,25). The van der Waals surface area contributed by atoms with Crippen LogP contribution in [0.5, 0.6) is 0 Å². The number of hydrogen-bond acceptors (Lipinski definition) is 4. The summed E-state index contributed by atoms with van der Waals surface area (Å²) >= 11 is 0. The summed E-state index contributed by atoms with van der Waals surface area (Å²) in [5, 5.41) is 8.47. The summed E-state index contributed by atoms with van der Waals surface area (Å²) in [6.07, 6.45) is 2.27. The van der Waals surface area contributed by atoms with Gasteiger partial charge in [0, 0.05) is 31.1 Å². The Kier molecular flexibility index (Phi) is 4.70. The van der Waals surface area contributed by atoms with E-state index in [0.29, 0.717) is 25.2 Å². The summed E-state index contributed by atoms with van der Waals surface area (Å²) in [6, 6.07) is 8.10. The SMILES string of the molecule is CCc1nn(CC(=O)NC2CCOCC2)c(=O)c2cc3cc(C)ccc3n12. The van der Waals surface area contributed by atoms with Crippen molar-refractivity contribution in [1.82, 2.24) is 19.5 Å². The number of hydrogen-bond donors (Lipinski definition) is 1. The van der Waals surface area contributed by atoms with Gasteiger partial charge in [0.2, 0.25) is 5.91 Å². The number of aryl methyl sites for hydroxylation is 2. The van der Waals surface area contributed by atoms with Gasteiger partial charge in [-0.15, -0.1) is 0 Å². The molecule has 0 unspecified atom stereocenters. The smallest absolute Gasteiger partial charge is 0.291 e. The quantitative estimate of drug-likeness (QED) is 0.762. The molecule has 0 radical (unpaired) electrons. The molecule has 0 bridgehead atoms. The van der Waals surface area contributed by atoms with E-state index in [9.17, 15) is 9.59 Å². The second kappa shape index (κ2) is 7.15. The monoisotopic (exact) mass is 368 g/mol. The molecule has 1 aromatic carbocycles. The third-order valence-electron chi connectivity index (χ3n) is 5.10. The second-order valence-corrected chi connectivity index (χ2v) is 7.11.